The second-order valence-corrected chi connectivity index (χ2v) is 1.97. The Morgan fingerprint density at radius 3 is 2.88 bits per heavy atom. The standard InChI is InChI=1S/C5H12N2.BrH/c1-2-6-4-5-7-3-1;/h6-7H,1-5H2;1H. The van der Waals surface area contributed by atoms with Crippen molar-refractivity contribution in [2.24, 2.45) is 0 Å². The van der Waals surface area contributed by atoms with Crippen molar-refractivity contribution in [1.29, 1.82) is 0 Å². The molecule has 0 spiro atoms. The lowest BCUT2D eigenvalue weighted by Gasteiger charge is -1.89. The van der Waals surface area contributed by atoms with Crippen LogP contribution in [0.3, 0.4) is 0 Å². The predicted molar refractivity (Wildman–Crippen MR) is 29.1 cm³/mol. The molecule has 0 unspecified atom stereocenters. The number of halogens is 1. The fraction of sp³-hybridized carbons (Fsp3) is 1.00. The fourth-order valence-electron chi connectivity index (χ4n) is 0.845. The Morgan fingerprint density at radius 2 is 2.00 bits per heavy atom. The van der Waals surface area contributed by atoms with Gasteiger partial charge < -0.3 is 27.6 Å². The molecule has 0 aromatic rings. The smallest absolute Gasteiger partial charge is 0.0882 e. The third kappa shape index (κ3) is 3.41. The zero-order valence-corrected chi connectivity index (χ0v) is 6.58. The lowest BCUT2D eigenvalue weighted by Crippen LogP contribution is -3.00. The quantitative estimate of drug-likeness (QED) is 0.388. The third-order valence-electron chi connectivity index (χ3n) is 1.29. The zero-order valence-electron chi connectivity index (χ0n) is 4.99. The van der Waals surface area contributed by atoms with Gasteiger partial charge in [-0.25, -0.2) is 0 Å². The highest BCUT2D eigenvalue weighted by Crippen LogP contribution is 1.69. The van der Waals surface area contributed by atoms with Crippen LogP contribution >= 0.6 is 0 Å². The molecule has 2 nitrogen and oxygen atoms in total. The number of nitrogens with one attached hydrogen (secondary N) is 1. The average Bonchev–Trinajstić information content (AvgIpc) is 1.90. The van der Waals surface area contributed by atoms with E-state index in [1.807, 2.05) is 0 Å². The van der Waals surface area contributed by atoms with Crippen LogP contribution in [0.1, 0.15) is 6.42 Å². The molecule has 0 radical (unpaired) electrons. The normalized spacial score (nSPS) is 21.0. The van der Waals surface area contributed by atoms with Gasteiger partial charge in [0.15, 0.2) is 0 Å². The van der Waals surface area contributed by atoms with Gasteiger partial charge in [-0.15, -0.1) is 0 Å². The molecule has 3 N–H and O–H groups in total. The Labute approximate surface area is 60.8 Å². The highest BCUT2D eigenvalue weighted by molar-refractivity contribution is 4.46. The van der Waals surface area contributed by atoms with Crippen LogP contribution in [0.15, 0.2) is 0 Å². The Kier molecular flexibility index (Phi) is 5.81. The molecule has 0 amide bonds. The molecule has 1 fully saturated rings. The van der Waals surface area contributed by atoms with E-state index in [4.69, 9.17) is 0 Å². The van der Waals surface area contributed by atoms with Gasteiger partial charge in [0.05, 0.1) is 13.1 Å². The summed E-state index contributed by atoms with van der Waals surface area (Å²) in [5, 5.41) is 5.68. The molecule has 0 aliphatic carbocycles. The van der Waals surface area contributed by atoms with Crippen LogP contribution in [0.25, 0.3) is 0 Å². The van der Waals surface area contributed by atoms with Crippen molar-refractivity contribution in [3.63, 3.8) is 0 Å². The first kappa shape index (κ1) is 8.40. The van der Waals surface area contributed by atoms with Crippen molar-refractivity contribution >= 4 is 0 Å². The van der Waals surface area contributed by atoms with Gasteiger partial charge >= 0.3 is 0 Å². The molecule has 8 heavy (non-hydrogen) atoms. The second-order valence-electron chi connectivity index (χ2n) is 1.97. The molecule has 50 valence electrons. The summed E-state index contributed by atoms with van der Waals surface area (Å²) < 4.78 is 0. The van der Waals surface area contributed by atoms with Crippen LogP contribution in [0, 0.1) is 0 Å². The van der Waals surface area contributed by atoms with Crippen LogP contribution < -0.4 is 27.6 Å². The van der Waals surface area contributed by atoms with E-state index in [1.165, 1.54) is 32.6 Å². The molecular weight excluding hydrogens is 168 g/mol. The molecule has 0 aromatic heterocycles. The van der Waals surface area contributed by atoms with E-state index in [0.717, 1.165) is 0 Å². The summed E-state index contributed by atoms with van der Waals surface area (Å²) in [5.41, 5.74) is 0. The molecule has 0 bridgehead atoms. The van der Waals surface area contributed by atoms with E-state index in [-0.39, 0.29) is 17.0 Å². The zero-order chi connectivity index (χ0) is 4.95. The summed E-state index contributed by atoms with van der Waals surface area (Å²) in [7, 11) is 0. The van der Waals surface area contributed by atoms with Crippen molar-refractivity contribution in [3.05, 3.63) is 0 Å². The predicted octanol–water partition coefficient (Wildman–Crippen LogP) is -4.45. The van der Waals surface area contributed by atoms with Gasteiger partial charge in [-0.3, -0.25) is 0 Å². The maximum absolute atomic E-state index is 3.32. The summed E-state index contributed by atoms with van der Waals surface area (Å²) in [6.45, 7) is 4.99. The van der Waals surface area contributed by atoms with E-state index < -0.39 is 0 Å². The summed E-state index contributed by atoms with van der Waals surface area (Å²) in [6, 6.07) is 0. The topological polar surface area (TPSA) is 28.6 Å². The maximum Gasteiger partial charge on any atom is 0.0882 e. The number of hydrogen-bond donors (Lipinski definition) is 2. The summed E-state index contributed by atoms with van der Waals surface area (Å²) in [5.74, 6) is 0. The van der Waals surface area contributed by atoms with E-state index in [9.17, 15) is 0 Å². The van der Waals surface area contributed by atoms with E-state index >= 15 is 0 Å². The van der Waals surface area contributed by atoms with Gasteiger partial charge in [0.25, 0.3) is 0 Å². The molecule has 1 rings (SSSR count). The summed E-state index contributed by atoms with van der Waals surface area (Å²) in [4.78, 5) is 0. The Morgan fingerprint density at radius 1 is 1.12 bits per heavy atom. The average molecular weight is 181 g/mol. The number of nitrogens with two attached hydrogens (primary N) is 1. The lowest BCUT2D eigenvalue weighted by atomic mass is 10.4. The Hall–Kier alpha value is 0.400. The van der Waals surface area contributed by atoms with Gasteiger partial charge in [-0.2, -0.15) is 0 Å². The van der Waals surface area contributed by atoms with Crippen LogP contribution in [0.5, 0.6) is 0 Å². The van der Waals surface area contributed by atoms with Gasteiger partial charge in [0.2, 0.25) is 0 Å². The van der Waals surface area contributed by atoms with Crippen LogP contribution in [-0.4, -0.2) is 26.2 Å². The van der Waals surface area contributed by atoms with E-state index in [2.05, 4.69) is 10.6 Å². The lowest BCUT2D eigenvalue weighted by molar-refractivity contribution is -0.650. The SMILES string of the molecule is C1CNCC[NH2+]C1.[Br-]. The number of rotatable bonds is 0. The minimum atomic E-state index is 0. The minimum absolute atomic E-state index is 0. The molecule has 1 heterocycles. The van der Waals surface area contributed by atoms with Crippen molar-refractivity contribution in [2.75, 3.05) is 26.2 Å². The van der Waals surface area contributed by atoms with E-state index in [1.54, 1.807) is 0 Å². The van der Waals surface area contributed by atoms with Gasteiger partial charge in [0, 0.05) is 19.5 Å². The van der Waals surface area contributed by atoms with Gasteiger partial charge in [-0.1, -0.05) is 0 Å². The second kappa shape index (κ2) is 5.54. The number of quaternary nitrogens is 1. The number of hydrogen-bond acceptors (Lipinski definition) is 1. The molecule has 0 aromatic carbocycles. The van der Waals surface area contributed by atoms with Crippen molar-refractivity contribution in [1.82, 2.24) is 5.32 Å². The molecular formula is C5H13BrN2. The van der Waals surface area contributed by atoms with Gasteiger partial charge in [-0.05, 0) is 0 Å². The Bertz CT molecular complexity index is 30.0. The largest absolute Gasteiger partial charge is 1.00 e. The first-order valence-electron chi connectivity index (χ1n) is 3.02. The van der Waals surface area contributed by atoms with Crippen LogP contribution in [0.4, 0.5) is 0 Å². The highest BCUT2D eigenvalue weighted by Gasteiger charge is 1.95. The fourth-order valence-corrected chi connectivity index (χ4v) is 0.845. The first-order valence-corrected chi connectivity index (χ1v) is 3.02. The monoisotopic (exact) mass is 180 g/mol. The minimum Gasteiger partial charge on any atom is -1.00 e. The van der Waals surface area contributed by atoms with Crippen molar-refractivity contribution in [2.45, 2.75) is 6.42 Å². The maximum atomic E-state index is 3.32. The molecule has 0 saturated carbocycles. The van der Waals surface area contributed by atoms with Crippen molar-refractivity contribution in [3.8, 4) is 0 Å². The van der Waals surface area contributed by atoms with Crippen molar-refractivity contribution < 1.29 is 22.3 Å². The molecule has 0 atom stereocenters. The highest BCUT2D eigenvalue weighted by atomic mass is 79.9. The van der Waals surface area contributed by atoms with Crippen LogP contribution in [0.2, 0.25) is 0 Å². The van der Waals surface area contributed by atoms with Gasteiger partial charge in [0.1, 0.15) is 0 Å². The Balaban J connectivity index is 0.000000490. The van der Waals surface area contributed by atoms with E-state index in [0.29, 0.717) is 0 Å². The first-order chi connectivity index (χ1) is 3.50. The summed E-state index contributed by atoms with van der Waals surface area (Å²) >= 11 is 0. The molecule has 1 aliphatic heterocycles. The summed E-state index contributed by atoms with van der Waals surface area (Å²) in [6.07, 6.45) is 1.33. The van der Waals surface area contributed by atoms with Crippen LogP contribution in [-0.2, 0) is 0 Å². The molecule has 3 heteroatoms. The third-order valence-corrected chi connectivity index (χ3v) is 1.29. The molecule has 1 aliphatic rings. The molecule has 1 saturated heterocycles.